The van der Waals surface area contributed by atoms with E-state index < -0.39 is 0 Å². The van der Waals surface area contributed by atoms with Crippen molar-refractivity contribution < 1.29 is 4.79 Å². The summed E-state index contributed by atoms with van der Waals surface area (Å²) in [5.74, 6) is 5.17. The fraction of sp³-hybridized carbons (Fsp3) is 0.308. The summed E-state index contributed by atoms with van der Waals surface area (Å²) in [6.45, 7) is 5.82. The molecule has 0 radical (unpaired) electrons. The van der Waals surface area contributed by atoms with Gasteiger partial charge in [-0.25, -0.2) is 0 Å². The second kappa shape index (κ2) is 4.91. The van der Waals surface area contributed by atoms with Gasteiger partial charge in [-0.3, -0.25) is 4.79 Å². The zero-order valence-corrected chi connectivity index (χ0v) is 10.9. The van der Waals surface area contributed by atoms with E-state index in [1.165, 1.54) is 6.07 Å². The third kappa shape index (κ3) is 3.89. The van der Waals surface area contributed by atoms with Gasteiger partial charge < -0.3 is 0 Å². The molecular weight excluding hydrogens is 243 g/mol. The van der Waals surface area contributed by atoms with E-state index in [2.05, 4.69) is 11.8 Å². The SMILES string of the molecule is CC(C)(C)C#CC(=O)c1ccc(Cl)cc1Cl. The molecule has 0 aliphatic carbocycles. The summed E-state index contributed by atoms with van der Waals surface area (Å²) in [6, 6.07) is 4.75. The molecule has 0 aromatic heterocycles. The van der Waals surface area contributed by atoms with E-state index in [4.69, 9.17) is 23.2 Å². The summed E-state index contributed by atoms with van der Waals surface area (Å²) in [5.41, 5.74) is 0.192. The van der Waals surface area contributed by atoms with Gasteiger partial charge in [0.2, 0.25) is 5.78 Å². The zero-order chi connectivity index (χ0) is 12.3. The fourth-order valence-electron chi connectivity index (χ4n) is 0.985. The minimum Gasteiger partial charge on any atom is -0.279 e. The van der Waals surface area contributed by atoms with Crippen LogP contribution in [-0.4, -0.2) is 5.78 Å². The molecule has 0 heterocycles. The van der Waals surface area contributed by atoms with E-state index in [9.17, 15) is 4.79 Å². The first kappa shape index (κ1) is 13.1. The van der Waals surface area contributed by atoms with Crippen molar-refractivity contribution in [1.29, 1.82) is 0 Å². The lowest BCUT2D eigenvalue weighted by Crippen LogP contribution is -2.02. The van der Waals surface area contributed by atoms with Gasteiger partial charge in [-0.2, -0.15) is 0 Å². The van der Waals surface area contributed by atoms with Crippen LogP contribution in [0.15, 0.2) is 18.2 Å². The van der Waals surface area contributed by atoms with E-state index in [0.717, 1.165) is 0 Å². The largest absolute Gasteiger partial charge is 0.279 e. The van der Waals surface area contributed by atoms with E-state index in [1.807, 2.05) is 20.8 Å². The van der Waals surface area contributed by atoms with Crippen LogP contribution in [0, 0.1) is 17.3 Å². The van der Waals surface area contributed by atoms with Gasteiger partial charge >= 0.3 is 0 Å². The number of ketones is 1. The first-order chi connectivity index (χ1) is 7.29. The molecule has 1 nitrogen and oxygen atoms in total. The van der Waals surface area contributed by atoms with Crippen LogP contribution >= 0.6 is 23.2 Å². The molecule has 0 spiro atoms. The smallest absolute Gasteiger partial charge is 0.237 e. The van der Waals surface area contributed by atoms with Gasteiger partial charge in [-0.1, -0.05) is 29.1 Å². The molecule has 0 aliphatic heterocycles. The molecule has 0 amide bonds. The van der Waals surface area contributed by atoms with Crippen molar-refractivity contribution in [3.8, 4) is 11.8 Å². The molecule has 0 N–H and O–H groups in total. The van der Waals surface area contributed by atoms with Crippen molar-refractivity contribution in [1.82, 2.24) is 0 Å². The molecule has 3 heteroatoms. The fourth-order valence-corrected chi connectivity index (χ4v) is 1.48. The molecule has 0 aliphatic rings. The average Bonchev–Trinajstić information content (AvgIpc) is 2.13. The van der Waals surface area contributed by atoms with Crippen molar-refractivity contribution in [3.63, 3.8) is 0 Å². The second-order valence-corrected chi connectivity index (χ2v) is 5.30. The van der Waals surface area contributed by atoms with Crippen LogP contribution in [0.3, 0.4) is 0 Å². The Morgan fingerprint density at radius 1 is 1.25 bits per heavy atom. The second-order valence-electron chi connectivity index (χ2n) is 4.45. The normalized spacial score (nSPS) is 10.6. The summed E-state index contributed by atoms with van der Waals surface area (Å²) in [4.78, 5) is 11.7. The van der Waals surface area contributed by atoms with E-state index in [1.54, 1.807) is 12.1 Å². The Morgan fingerprint density at radius 3 is 2.38 bits per heavy atom. The number of carbonyl (C=O) groups is 1. The van der Waals surface area contributed by atoms with Crippen LogP contribution < -0.4 is 0 Å². The first-order valence-electron chi connectivity index (χ1n) is 4.82. The summed E-state index contributed by atoms with van der Waals surface area (Å²) >= 11 is 11.6. The lowest BCUT2D eigenvalue weighted by atomic mass is 9.97. The topological polar surface area (TPSA) is 17.1 Å². The Bertz CT molecular complexity index is 473. The third-order valence-corrected chi connectivity index (χ3v) is 2.27. The Balaban J connectivity index is 3.01. The molecule has 0 saturated heterocycles. The van der Waals surface area contributed by atoms with Gasteiger partial charge in [-0.15, -0.1) is 0 Å². The highest BCUT2D eigenvalue weighted by Crippen LogP contribution is 2.21. The Labute approximate surface area is 106 Å². The number of Topliss-reactive ketones (excluding diaryl/α,β-unsaturated/α-hetero) is 1. The van der Waals surface area contributed by atoms with Gasteiger partial charge in [0.25, 0.3) is 0 Å². The maximum absolute atomic E-state index is 11.7. The summed E-state index contributed by atoms with van der Waals surface area (Å²) in [6.07, 6.45) is 0. The Kier molecular flexibility index (Phi) is 4.02. The number of carbonyl (C=O) groups excluding carboxylic acids is 1. The van der Waals surface area contributed by atoms with Gasteiger partial charge in [0.05, 0.1) is 5.02 Å². The van der Waals surface area contributed by atoms with Crippen molar-refractivity contribution in [2.45, 2.75) is 20.8 Å². The minimum absolute atomic E-state index is 0.200. The quantitative estimate of drug-likeness (QED) is 0.417. The Hall–Kier alpha value is -0.970. The summed E-state index contributed by atoms with van der Waals surface area (Å²) in [7, 11) is 0. The highest BCUT2D eigenvalue weighted by Gasteiger charge is 2.10. The predicted molar refractivity (Wildman–Crippen MR) is 68.0 cm³/mol. The maximum Gasteiger partial charge on any atom is 0.237 e. The highest BCUT2D eigenvalue weighted by molar-refractivity contribution is 6.37. The van der Waals surface area contributed by atoms with Crippen LogP contribution in [-0.2, 0) is 0 Å². The van der Waals surface area contributed by atoms with Gasteiger partial charge in [0.1, 0.15) is 0 Å². The molecule has 0 atom stereocenters. The van der Waals surface area contributed by atoms with Crippen LogP contribution in [0.1, 0.15) is 31.1 Å². The van der Waals surface area contributed by atoms with E-state index in [0.29, 0.717) is 15.6 Å². The summed E-state index contributed by atoms with van der Waals surface area (Å²) in [5, 5.41) is 0.839. The van der Waals surface area contributed by atoms with Crippen LogP contribution in [0.2, 0.25) is 10.0 Å². The van der Waals surface area contributed by atoms with Crippen LogP contribution in [0.25, 0.3) is 0 Å². The number of hydrogen-bond donors (Lipinski definition) is 0. The van der Waals surface area contributed by atoms with Crippen molar-refractivity contribution in [2.24, 2.45) is 5.41 Å². The molecule has 1 aromatic carbocycles. The Morgan fingerprint density at radius 2 is 1.88 bits per heavy atom. The molecule has 0 unspecified atom stereocenters. The monoisotopic (exact) mass is 254 g/mol. The standard InChI is InChI=1S/C13H12Cl2O/c1-13(2,3)7-6-12(16)10-5-4-9(14)8-11(10)15/h4-5,8H,1-3H3. The van der Waals surface area contributed by atoms with Crippen molar-refractivity contribution >= 4 is 29.0 Å². The molecule has 0 bridgehead atoms. The highest BCUT2D eigenvalue weighted by atomic mass is 35.5. The van der Waals surface area contributed by atoms with Crippen molar-refractivity contribution in [2.75, 3.05) is 0 Å². The van der Waals surface area contributed by atoms with Gasteiger partial charge in [0.15, 0.2) is 0 Å². The van der Waals surface area contributed by atoms with Gasteiger partial charge in [-0.05, 0) is 44.9 Å². The number of rotatable bonds is 1. The lowest BCUT2D eigenvalue weighted by molar-refractivity contribution is 0.105. The van der Waals surface area contributed by atoms with Gasteiger partial charge in [0, 0.05) is 16.0 Å². The van der Waals surface area contributed by atoms with E-state index >= 15 is 0 Å². The van der Waals surface area contributed by atoms with Crippen LogP contribution in [0.4, 0.5) is 0 Å². The minimum atomic E-state index is -0.281. The average molecular weight is 255 g/mol. The molecular formula is C13H12Cl2O. The number of benzene rings is 1. The molecule has 1 aromatic rings. The van der Waals surface area contributed by atoms with Crippen molar-refractivity contribution in [3.05, 3.63) is 33.8 Å². The molecule has 16 heavy (non-hydrogen) atoms. The number of halogens is 2. The third-order valence-electron chi connectivity index (χ3n) is 1.73. The molecule has 0 fully saturated rings. The maximum atomic E-state index is 11.7. The van der Waals surface area contributed by atoms with E-state index in [-0.39, 0.29) is 11.2 Å². The lowest BCUT2D eigenvalue weighted by Gasteiger charge is -2.06. The first-order valence-corrected chi connectivity index (χ1v) is 5.58. The molecule has 84 valence electrons. The predicted octanol–water partition coefficient (Wildman–Crippen LogP) is 4.23. The van der Waals surface area contributed by atoms with Crippen LogP contribution in [0.5, 0.6) is 0 Å². The zero-order valence-electron chi connectivity index (χ0n) is 9.40. The molecule has 1 rings (SSSR count). The molecule has 0 saturated carbocycles. The summed E-state index contributed by atoms with van der Waals surface area (Å²) < 4.78 is 0. The number of hydrogen-bond acceptors (Lipinski definition) is 1.